The molecule has 1 saturated heterocycles. The predicted octanol–water partition coefficient (Wildman–Crippen LogP) is 1.80. The Morgan fingerprint density at radius 2 is 2.20 bits per heavy atom. The van der Waals surface area contributed by atoms with E-state index in [2.05, 4.69) is 10.1 Å². The number of aryl methyl sites for hydroxylation is 1. The minimum atomic E-state index is -3.60. The van der Waals surface area contributed by atoms with Gasteiger partial charge in [-0.05, 0) is 25.0 Å². The number of nitrogens with zero attached hydrogens (tertiary/aromatic N) is 4. The largest absolute Gasteiger partial charge is 0.376 e. The first-order valence-electron chi connectivity index (χ1n) is 8.63. The van der Waals surface area contributed by atoms with Crippen molar-refractivity contribution in [3.63, 3.8) is 0 Å². The van der Waals surface area contributed by atoms with Crippen molar-refractivity contribution in [2.75, 3.05) is 13.2 Å². The molecule has 4 rings (SSSR count). The molecule has 1 fully saturated rings. The number of sulfonamides is 1. The normalized spacial score (nSPS) is 21.9. The van der Waals surface area contributed by atoms with Crippen molar-refractivity contribution in [2.24, 2.45) is 7.05 Å². The summed E-state index contributed by atoms with van der Waals surface area (Å²) in [5, 5.41) is 4.69. The van der Waals surface area contributed by atoms with E-state index in [1.165, 1.54) is 6.20 Å². The van der Waals surface area contributed by atoms with Crippen LogP contribution in [0, 0.1) is 0 Å². The summed E-state index contributed by atoms with van der Waals surface area (Å²) >= 11 is 0. The third kappa shape index (κ3) is 2.88. The Labute approximate surface area is 147 Å². The first-order valence-corrected chi connectivity index (χ1v) is 10.1. The van der Waals surface area contributed by atoms with E-state index < -0.39 is 10.0 Å². The van der Waals surface area contributed by atoms with Gasteiger partial charge < -0.3 is 4.74 Å². The van der Waals surface area contributed by atoms with E-state index in [0.29, 0.717) is 19.8 Å². The smallest absolute Gasteiger partial charge is 0.245 e. The first kappa shape index (κ1) is 16.7. The third-order valence-corrected chi connectivity index (χ3v) is 6.94. The van der Waals surface area contributed by atoms with Gasteiger partial charge in [-0.15, -0.1) is 0 Å². The summed E-state index contributed by atoms with van der Waals surface area (Å²) in [7, 11) is -1.67. The summed E-state index contributed by atoms with van der Waals surface area (Å²) < 4.78 is 35.4. The second-order valence-corrected chi connectivity index (χ2v) is 8.44. The van der Waals surface area contributed by atoms with Gasteiger partial charge in [-0.3, -0.25) is 9.67 Å². The number of hydrogen-bond donors (Lipinski definition) is 0. The second kappa shape index (κ2) is 6.51. The van der Waals surface area contributed by atoms with Crippen LogP contribution < -0.4 is 0 Å². The average Bonchev–Trinajstić information content (AvgIpc) is 2.99. The first-order chi connectivity index (χ1) is 12.1. The highest BCUT2D eigenvalue weighted by molar-refractivity contribution is 7.89. The fourth-order valence-electron chi connectivity index (χ4n) is 3.81. The lowest BCUT2D eigenvalue weighted by Gasteiger charge is -2.34. The van der Waals surface area contributed by atoms with Gasteiger partial charge in [-0.2, -0.15) is 9.40 Å². The topological polar surface area (TPSA) is 77.3 Å². The standard InChI is InChI=1S/C17H22N4O3S/c1-20-15-7-10-24-12-14(15)17(19-20)16-6-2-3-9-21(16)25(22,23)13-5-4-8-18-11-13/h4-5,8,11,16H,2-3,6-7,9-10,12H2,1H3. The Morgan fingerprint density at radius 1 is 1.32 bits per heavy atom. The van der Waals surface area contributed by atoms with Gasteiger partial charge in [0.25, 0.3) is 0 Å². The molecule has 7 nitrogen and oxygen atoms in total. The van der Waals surface area contributed by atoms with Crippen LogP contribution >= 0.6 is 0 Å². The van der Waals surface area contributed by atoms with Crippen molar-refractivity contribution < 1.29 is 13.2 Å². The molecular formula is C17H22N4O3S. The van der Waals surface area contributed by atoms with E-state index in [1.807, 2.05) is 11.7 Å². The Kier molecular flexibility index (Phi) is 4.35. The van der Waals surface area contributed by atoms with Gasteiger partial charge in [0.05, 0.1) is 24.9 Å². The molecule has 0 aromatic carbocycles. The molecule has 2 aliphatic rings. The summed E-state index contributed by atoms with van der Waals surface area (Å²) in [6.45, 7) is 1.71. The number of pyridine rings is 1. The summed E-state index contributed by atoms with van der Waals surface area (Å²) in [6.07, 6.45) is 6.46. The fourth-order valence-corrected chi connectivity index (χ4v) is 5.43. The Bertz CT molecular complexity index is 864. The molecule has 134 valence electrons. The van der Waals surface area contributed by atoms with Crippen LogP contribution in [0.5, 0.6) is 0 Å². The number of piperidine rings is 1. The molecule has 0 spiro atoms. The van der Waals surface area contributed by atoms with Crippen LogP contribution in [0.25, 0.3) is 0 Å². The van der Waals surface area contributed by atoms with Gasteiger partial charge >= 0.3 is 0 Å². The van der Waals surface area contributed by atoms with Gasteiger partial charge in [0, 0.05) is 43.7 Å². The van der Waals surface area contributed by atoms with Gasteiger partial charge in [0.1, 0.15) is 4.90 Å². The predicted molar refractivity (Wildman–Crippen MR) is 91.3 cm³/mol. The highest BCUT2D eigenvalue weighted by Gasteiger charge is 2.38. The molecule has 0 radical (unpaired) electrons. The number of rotatable bonds is 3. The van der Waals surface area contributed by atoms with Crippen molar-refractivity contribution in [1.82, 2.24) is 19.1 Å². The monoisotopic (exact) mass is 362 g/mol. The number of fused-ring (bicyclic) bond motifs is 1. The number of hydrogen-bond acceptors (Lipinski definition) is 5. The van der Waals surface area contributed by atoms with Crippen LogP contribution in [-0.2, 0) is 34.8 Å². The molecule has 1 unspecified atom stereocenters. The van der Waals surface area contributed by atoms with Crippen molar-refractivity contribution >= 4 is 10.0 Å². The minimum Gasteiger partial charge on any atom is -0.376 e. The van der Waals surface area contributed by atoms with Crippen LogP contribution in [0.1, 0.15) is 42.3 Å². The lowest BCUT2D eigenvalue weighted by atomic mass is 9.97. The molecule has 0 N–H and O–H groups in total. The average molecular weight is 362 g/mol. The van der Waals surface area contributed by atoms with E-state index >= 15 is 0 Å². The van der Waals surface area contributed by atoms with Gasteiger partial charge in [-0.25, -0.2) is 8.42 Å². The zero-order chi connectivity index (χ0) is 17.4. The number of ether oxygens (including phenoxy) is 1. The molecule has 0 aliphatic carbocycles. The van der Waals surface area contributed by atoms with Crippen LogP contribution in [0.15, 0.2) is 29.4 Å². The maximum Gasteiger partial charge on any atom is 0.245 e. The summed E-state index contributed by atoms with van der Waals surface area (Å²) in [6, 6.07) is 3.02. The molecule has 0 amide bonds. The summed E-state index contributed by atoms with van der Waals surface area (Å²) in [4.78, 5) is 4.21. The van der Waals surface area contributed by atoms with Crippen molar-refractivity contribution in [2.45, 2.75) is 43.2 Å². The third-order valence-electron chi connectivity index (χ3n) is 5.05. The molecule has 0 bridgehead atoms. The lowest BCUT2D eigenvalue weighted by molar-refractivity contribution is 0.107. The van der Waals surface area contributed by atoms with Crippen molar-refractivity contribution in [1.29, 1.82) is 0 Å². The molecular weight excluding hydrogens is 340 g/mol. The van der Waals surface area contributed by atoms with Crippen LogP contribution in [-0.4, -0.2) is 40.6 Å². The maximum absolute atomic E-state index is 13.2. The quantitative estimate of drug-likeness (QED) is 0.832. The van der Waals surface area contributed by atoms with E-state index in [9.17, 15) is 8.42 Å². The highest BCUT2D eigenvalue weighted by atomic mass is 32.2. The van der Waals surface area contributed by atoms with Crippen molar-refractivity contribution in [3.05, 3.63) is 41.5 Å². The summed E-state index contributed by atoms with van der Waals surface area (Å²) in [5.74, 6) is 0. The maximum atomic E-state index is 13.2. The lowest BCUT2D eigenvalue weighted by Crippen LogP contribution is -2.39. The van der Waals surface area contributed by atoms with Crippen LogP contribution in [0.2, 0.25) is 0 Å². The molecule has 4 heterocycles. The number of aromatic nitrogens is 3. The molecule has 1 atom stereocenters. The van der Waals surface area contributed by atoms with Gasteiger partial charge in [0.2, 0.25) is 10.0 Å². The Morgan fingerprint density at radius 3 is 3.00 bits per heavy atom. The molecule has 2 aliphatic heterocycles. The molecule has 0 saturated carbocycles. The second-order valence-electron chi connectivity index (χ2n) is 6.55. The van der Waals surface area contributed by atoms with Crippen LogP contribution in [0.3, 0.4) is 0 Å². The molecule has 8 heteroatoms. The zero-order valence-electron chi connectivity index (χ0n) is 14.3. The summed E-state index contributed by atoms with van der Waals surface area (Å²) in [5.41, 5.74) is 3.07. The highest BCUT2D eigenvalue weighted by Crippen LogP contribution is 2.37. The van der Waals surface area contributed by atoms with E-state index in [0.717, 1.165) is 42.6 Å². The zero-order valence-corrected chi connectivity index (χ0v) is 15.1. The SMILES string of the molecule is Cn1nc(C2CCCCN2S(=O)(=O)c2cccnc2)c2c1CCOC2. The van der Waals surface area contributed by atoms with E-state index in [4.69, 9.17) is 4.74 Å². The molecule has 2 aromatic heterocycles. The molecule has 2 aromatic rings. The fraction of sp³-hybridized carbons (Fsp3) is 0.529. The van der Waals surface area contributed by atoms with E-state index in [1.54, 1.807) is 22.6 Å². The Balaban J connectivity index is 1.76. The minimum absolute atomic E-state index is 0.239. The van der Waals surface area contributed by atoms with Crippen molar-refractivity contribution in [3.8, 4) is 0 Å². The van der Waals surface area contributed by atoms with Crippen LogP contribution in [0.4, 0.5) is 0 Å². The van der Waals surface area contributed by atoms with Gasteiger partial charge in [0.15, 0.2) is 0 Å². The van der Waals surface area contributed by atoms with E-state index in [-0.39, 0.29) is 10.9 Å². The molecule has 25 heavy (non-hydrogen) atoms. The van der Waals surface area contributed by atoms with Gasteiger partial charge in [-0.1, -0.05) is 6.42 Å². The Hall–Kier alpha value is -1.77.